The van der Waals surface area contributed by atoms with Gasteiger partial charge in [-0.25, -0.2) is 0 Å². The highest BCUT2D eigenvalue weighted by atomic mass is 16.3. The second-order valence-electron chi connectivity index (χ2n) is 4.54. The number of benzene rings is 1. The zero-order valence-corrected chi connectivity index (χ0v) is 11.1. The predicted octanol–water partition coefficient (Wildman–Crippen LogP) is 2.75. The largest absolute Gasteiger partial charge is 0.396 e. The summed E-state index contributed by atoms with van der Waals surface area (Å²) >= 11 is 0. The molecule has 0 heterocycles. The van der Waals surface area contributed by atoms with E-state index in [9.17, 15) is 0 Å². The molecule has 0 aliphatic heterocycles. The lowest BCUT2D eigenvalue weighted by atomic mass is 10.0. The predicted molar refractivity (Wildman–Crippen MR) is 73.0 cm³/mol. The number of aryl methyl sites for hydroxylation is 1. The van der Waals surface area contributed by atoms with Gasteiger partial charge in [0.1, 0.15) is 0 Å². The first-order valence-corrected chi connectivity index (χ1v) is 6.70. The van der Waals surface area contributed by atoms with Gasteiger partial charge in [0.2, 0.25) is 0 Å². The van der Waals surface area contributed by atoms with Gasteiger partial charge in [0.15, 0.2) is 0 Å². The smallest absolute Gasteiger partial charge is 0.0434 e. The van der Waals surface area contributed by atoms with Gasteiger partial charge in [-0.2, -0.15) is 0 Å². The highest BCUT2D eigenvalue weighted by Crippen LogP contribution is 2.10. The van der Waals surface area contributed by atoms with Crippen molar-refractivity contribution in [2.75, 3.05) is 13.2 Å². The van der Waals surface area contributed by atoms with Crippen LogP contribution in [-0.2, 0) is 13.0 Å². The first-order chi connectivity index (χ1) is 8.31. The van der Waals surface area contributed by atoms with Crippen LogP contribution in [0.5, 0.6) is 0 Å². The summed E-state index contributed by atoms with van der Waals surface area (Å²) in [6.45, 7) is 6.61. The van der Waals surface area contributed by atoms with Crippen LogP contribution in [-0.4, -0.2) is 18.3 Å². The normalized spacial score (nSPS) is 12.6. The second kappa shape index (κ2) is 8.26. The Bertz CT molecular complexity index is 312. The molecular formula is C15H25NO. The summed E-state index contributed by atoms with van der Waals surface area (Å²) < 4.78 is 0. The van der Waals surface area contributed by atoms with Crippen molar-refractivity contribution in [2.45, 2.75) is 39.7 Å². The van der Waals surface area contributed by atoms with Gasteiger partial charge >= 0.3 is 0 Å². The van der Waals surface area contributed by atoms with Crippen molar-refractivity contribution in [3.63, 3.8) is 0 Å². The molecule has 0 aliphatic carbocycles. The molecule has 1 atom stereocenters. The SMILES string of the molecule is CCc1ccccc1CNCC(CC)CCO. The van der Waals surface area contributed by atoms with Gasteiger partial charge in [0.05, 0.1) is 0 Å². The molecule has 96 valence electrons. The lowest BCUT2D eigenvalue weighted by molar-refractivity contribution is 0.251. The van der Waals surface area contributed by atoms with E-state index >= 15 is 0 Å². The molecule has 0 aromatic heterocycles. The van der Waals surface area contributed by atoms with Gasteiger partial charge in [-0.05, 0) is 36.4 Å². The Kier molecular flexibility index (Phi) is 6.90. The van der Waals surface area contributed by atoms with E-state index in [4.69, 9.17) is 5.11 Å². The number of aliphatic hydroxyl groups is 1. The van der Waals surface area contributed by atoms with E-state index in [2.05, 4.69) is 43.4 Å². The summed E-state index contributed by atoms with van der Waals surface area (Å²) in [7, 11) is 0. The molecule has 0 saturated heterocycles. The average Bonchev–Trinajstić information content (AvgIpc) is 2.38. The molecule has 0 bridgehead atoms. The molecule has 1 rings (SSSR count). The van der Waals surface area contributed by atoms with Crippen LogP contribution in [0.4, 0.5) is 0 Å². The van der Waals surface area contributed by atoms with E-state index in [0.717, 1.165) is 32.4 Å². The van der Waals surface area contributed by atoms with Crippen molar-refractivity contribution in [3.05, 3.63) is 35.4 Å². The molecule has 17 heavy (non-hydrogen) atoms. The van der Waals surface area contributed by atoms with Crippen LogP contribution < -0.4 is 5.32 Å². The van der Waals surface area contributed by atoms with Crippen LogP contribution in [0, 0.1) is 5.92 Å². The Morgan fingerprint density at radius 3 is 2.47 bits per heavy atom. The van der Waals surface area contributed by atoms with E-state index in [1.165, 1.54) is 11.1 Å². The van der Waals surface area contributed by atoms with Gasteiger partial charge < -0.3 is 10.4 Å². The standard InChI is InChI=1S/C15H25NO/c1-3-13(9-10-17)11-16-12-15-8-6-5-7-14(15)4-2/h5-8,13,16-17H,3-4,9-12H2,1-2H3. The second-order valence-corrected chi connectivity index (χ2v) is 4.54. The summed E-state index contributed by atoms with van der Waals surface area (Å²) in [6.07, 6.45) is 3.12. The molecule has 1 unspecified atom stereocenters. The van der Waals surface area contributed by atoms with Gasteiger partial charge in [-0.3, -0.25) is 0 Å². The zero-order valence-electron chi connectivity index (χ0n) is 11.1. The first-order valence-electron chi connectivity index (χ1n) is 6.70. The maximum atomic E-state index is 8.94. The molecular weight excluding hydrogens is 210 g/mol. The Morgan fingerprint density at radius 2 is 1.88 bits per heavy atom. The van der Waals surface area contributed by atoms with E-state index < -0.39 is 0 Å². The quantitative estimate of drug-likeness (QED) is 0.726. The van der Waals surface area contributed by atoms with Crippen molar-refractivity contribution in [3.8, 4) is 0 Å². The van der Waals surface area contributed by atoms with Gasteiger partial charge in [0.25, 0.3) is 0 Å². The van der Waals surface area contributed by atoms with E-state index in [1.807, 2.05) is 0 Å². The van der Waals surface area contributed by atoms with E-state index in [-0.39, 0.29) is 0 Å². The Balaban J connectivity index is 2.39. The highest BCUT2D eigenvalue weighted by Gasteiger charge is 2.05. The van der Waals surface area contributed by atoms with Crippen LogP contribution in [0.25, 0.3) is 0 Å². The summed E-state index contributed by atoms with van der Waals surface area (Å²) in [5.41, 5.74) is 2.82. The Hall–Kier alpha value is -0.860. The topological polar surface area (TPSA) is 32.3 Å². The third-order valence-electron chi connectivity index (χ3n) is 3.36. The summed E-state index contributed by atoms with van der Waals surface area (Å²) in [5.74, 6) is 0.591. The fourth-order valence-electron chi connectivity index (χ4n) is 2.12. The van der Waals surface area contributed by atoms with Crippen LogP contribution in [0.3, 0.4) is 0 Å². The van der Waals surface area contributed by atoms with Crippen LogP contribution >= 0.6 is 0 Å². The van der Waals surface area contributed by atoms with Crippen LogP contribution in [0.15, 0.2) is 24.3 Å². The minimum Gasteiger partial charge on any atom is -0.396 e. The highest BCUT2D eigenvalue weighted by molar-refractivity contribution is 5.26. The van der Waals surface area contributed by atoms with Crippen molar-refractivity contribution in [1.82, 2.24) is 5.32 Å². The van der Waals surface area contributed by atoms with Crippen molar-refractivity contribution < 1.29 is 5.11 Å². The van der Waals surface area contributed by atoms with Crippen molar-refractivity contribution in [2.24, 2.45) is 5.92 Å². The zero-order chi connectivity index (χ0) is 12.5. The fraction of sp³-hybridized carbons (Fsp3) is 0.600. The number of rotatable bonds is 8. The number of hydrogen-bond acceptors (Lipinski definition) is 2. The minimum absolute atomic E-state index is 0.297. The molecule has 1 aromatic carbocycles. The summed E-state index contributed by atoms with van der Waals surface area (Å²) in [5, 5.41) is 12.4. The third kappa shape index (κ3) is 4.88. The third-order valence-corrected chi connectivity index (χ3v) is 3.36. The van der Waals surface area contributed by atoms with Crippen molar-refractivity contribution in [1.29, 1.82) is 0 Å². The minimum atomic E-state index is 0.297. The average molecular weight is 235 g/mol. The fourth-order valence-corrected chi connectivity index (χ4v) is 2.12. The summed E-state index contributed by atoms with van der Waals surface area (Å²) in [6, 6.07) is 8.59. The number of nitrogens with one attached hydrogen (secondary N) is 1. The maximum absolute atomic E-state index is 8.94. The van der Waals surface area contributed by atoms with Gasteiger partial charge in [-0.15, -0.1) is 0 Å². The molecule has 0 radical (unpaired) electrons. The van der Waals surface area contributed by atoms with E-state index in [1.54, 1.807) is 0 Å². The van der Waals surface area contributed by atoms with E-state index in [0.29, 0.717) is 12.5 Å². The van der Waals surface area contributed by atoms with Gasteiger partial charge in [-0.1, -0.05) is 44.5 Å². The maximum Gasteiger partial charge on any atom is 0.0434 e. The number of aliphatic hydroxyl groups excluding tert-OH is 1. The van der Waals surface area contributed by atoms with Crippen LogP contribution in [0.2, 0.25) is 0 Å². The molecule has 0 amide bonds. The molecule has 0 saturated carbocycles. The molecule has 1 aromatic rings. The Labute approximate surface area is 105 Å². The first kappa shape index (κ1) is 14.2. The summed E-state index contributed by atoms with van der Waals surface area (Å²) in [4.78, 5) is 0. The number of hydrogen-bond donors (Lipinski definition) is 2. The lowest BCUT2D eigenvalue weighted by Gasteiger charge is -2.15. The molecule has 0 spiro atoms. The molecule has 2 heteroatoms. The molecule has 0 fully saturated rings. The molecule has 2 N–H and O–H groups in total. The van der Waals surface area contributed by atoms with Crippen LogP contribution in [0.1, 0.15) is 37.8 Å². The lowest BCUT2D eigenvalue weighted by Crippen LogP contribution is -2.23. The Morgan fingerprint density at radius 1 is 1.18 bits per heavy atom. The van der Waals surface area contributed by atoms with Gasteiger partial charge in [0, 0.05) is 13.2 Å². The molecule has 0 aliphatic rings. The molecule has 2 nitrogen and oxygen atoms in total. The van der Waals surface area contributed by atoms with Crippen molar-refractivity contribution >= 4 is 0 Å². The monoisotopic (exact) mass is 235 g/mol.